The Hall–Kier alpha value is -0.650. The van der Waals surface area contributed by atoms with Crippen molar-refractivity contribution in [2.24, 2.45) is 5.92 Å². The summed E-state index contributed by atoms with van der Waals surface area (Å²) < 4.78 is 5.53. The van der Waals surface area contributed by atoms with E-state index in [1.807, 2.05) is 6.92 Å². The van der Waals surface area contributed by atoms with Crippen LogP contribution in [-0.4, -0.2) is 59.9 Å². The van der Waals surface area contributed by atoms with Crippen molar-refractivity contribution in [3.05, 3.63) is 0 Å². The van der Waals surface area contributed by atoms with E-state index in [9.17, 15) is 9.90 Å². The molecule has 1 heterocycles. The number of rotatable bonds is 5. The fourth-order valence-corrected chi connectivity index (χ4v) is 4.07. The van der Waals surface area contributed by atoms with E-state index in [0.29, 0.717) is 12.1 Å². The number of nitrogens with one attached hydrogen (secondary N) is 1. The molecule has 0 aromatic heterocycles. The topological polar surface area (TPSA) is 61.8 Å². The quantitative estimate of drug-likeness (QED) is 0.791. The summed E-state index contributed by atoms with van der Waals surface area (Å²) >= 11 is 0. The molecule has 1 saturated heterocycles. The molecule has 5 nitrogen and oxygen atoms in total. The van der Waals surface area contributed by atoms with Crippen LogP contribution in [-0.2, 0) is 9.53 Å². The average molecular weight is 296 g/mol. The third-order valence-corrected chi connectivity index (χ3v) is 5.34. The predicted molar refractivity (Wildman–Crippen MR) is 79.9 cm³/mol. The second kappa shape index (κ2) is 6.63. The Morgan fingerprint density at radius 1 is 1.33 bits per heavy atom. The second-order valence-electron chi connectivity index (χ2n) is 6.80. The maximum absolute atomic E-state index is 12.3. The number of aliphatic hydroxyl groups excluding tert-OH is 1. The predicted octanol–water partition coefficient (Wildman–Crippen LogP) is 0.905. The van der Waals surface area contributed by atoms with Gasteiger partial charge in [-0.3, -0.25) is 9.69 Å². The van der Waals surface area contributed by atoms with Crippen molar-refractivity contribution >= 4 is 5.91 Å². The Bertz CT molecular complexity index is 371. The smallest absolute Gasteiger partial charge is 0.223 e. The standard InChI is InChI=1S/C16H28N2O3/c1-2-21-13-8-11(9-13)16(20)17-14-4-3-5-15(14)18-7-6-12(19)10-18/h11-15,19H,2-10H2,1H3,(H,17,20)/t11?,12?,13?,14-,15+/m1/s1. The molecule has 0 aromatic rings. The number of likely N-dealkylation sites (tertiary alicyclic amines) is 1. The zero-order valence-corrected chi connectivity index (χ0v) is 13.0. The van der Waals surface area contributed by atoms with Gasteiger partial charge >= 0.3 is 0 Å². The Balaban J connectivity index is 1.47. The number of β-amino-alcohol motifs (C(OH)–C–C–N with tert-alkyl or cyclic N) is 1. The van der Waals surface area contributed by atoms with Gasteiger partial charge in [0.05, 0.1) is 12.2 Å². The van der Waals surface area contributed by atoms with Crippen molar-refractivity contribution in [3.8, 4) is 0 Å². The minimum atomic E-state index is -0.180. The van der Waals surface area contributed by atoms with Gasteiger partial charge in [0.25, 0.3) is 0 Å². The first-order chi connectivity index (χ1) is 10.2. The van der Waals surface area contributed by atoms with E-state index in [2.05, 4.69) is 10.2 Å². The van der Waals surface area contributed by atoms with Crippen molar-refractivity contribution in [2.45, 2.75) is 69.7 Å². The normalized spacial score (nSPS) is 40.2. The van der Waals surface area contributed by atoms with Gasteiger partial charge < -0.3 is 15.2 Å². The van der Waals surface area contributed by atoms with Gasteiger partial charge in [0.15, 0.2) is 0 Å². The number of aliphatic hydroxyl groups is 1. The molecule has 2 aliphatic carbocycles. The van der Waals surface area contributed by atoms with E-state index < -0.39 is 0 Å². The summed E-state index contributed by atoms with van der Waals surface area (Å²) in [5, 5.41) is 13.0. The minimum absolute atomic E-state index is 0.145. The molecular weight excluding hydrogens is 268 g/mol. The van der Waals surface area contributed by atoms with Crippen molar-refractivity contribution in [2.75, 3.05) is 19.7 Å². The molecule has 5 heteroatoms. The third-order valence-electron chi connectivity index (χ3n) is 5.34. The molecular formula is C16H28N2O3. The van der Waals surface area contributed by atoms with Crippen molar-refractivity contribution in [1.29, 1.82) is 0 Å². The summed E-state index contributed by atoms with van der Waals surface area (Å²) in [6, 6.07) is 0.697. The molecule has 3 atom stereocenters. The summed E-state index contributed by atoms with van der Waals surface area (Å²) in [4.78, 5) is 14.7. The fourth-order valence-electron chi connectivity index (χ4n) is 4.07. The lowest BCUT2D eigenvalue weighted by atomic mass is 9.81. The highest BCUT2D eigenvalue weighted by molar-refractivity contribution is 5.80. The molecule has 0 aromatic carbocycles. The van der Waals surface area contributed by atoms with Gasteiger partial charge in [-0.25, -0.2) is 0 Å². The van der Waals surface area contributed by atoms with Gasteiger partial charge in [-0.1, -0.05) is 0 Å². The van der Waals surface area contributed by atoms with Crippen LogP contribution < -0.4 is 5.32 Å². The Kier molecular flexibility index (Phi) is 4.82. The van der Waals surface area contributed by atoms with Crippen LogP contribution in [0.3, 0.4) is 0 Å². The molecule has 0 bridgehead atoms. The molecule has 0 radical (unpaired) electrons. The minimum Gasteiger partial charge on any atom is -0.392 e. The summed E-state index contributed by atoms with van der Waals surface area (Å²) in [6.45, 7) is 4.48. The van der Waals surface area contributed by atoms with Crippen LogP contribution in [0.5, 0.6) is 0 Å². The van der Waals surface area contributed by atoms with Crippen molar-refractivity contribution < 1.29 is 14.6 Å². The molecule has 2 N–H and O–H groups in total. The maximum Gasteiger partial charge on any atom is 0.223 e. The van der Waals surface area contributed by atoms with Crippen LogP contribution >= 0.6 is 0 Å². The highest BCUT2D eigenvalue weighted by atomic mass is 16.5. The third kappa shape index (κ3) is 3.41. The van der Waals surface area contributed by atoms with Gasteiger partial charge in [0.2, 0.25) is 5.91 Å². The largest absolute Gasteiger partial charge is 0.392 e. The van der Waals surface area contributed by atoms with Crippen LogP contribution in [0.4, 0.5) is 0 Å². The maximum atomic E-state index is 12.3. The number of carbonyl (C=O) groups excluding carboxylic acids is 1. The van der Waals surface area contributed by atoms with Crippen LogP contribution in [0, 0.1) is 5.92 Å². The number of hydrogen-bond acceptors (Lipinski definition) is 4. The summed E-state index contributed by atoms with van der Waals surface area (Å²) in [7, 11) is 0. The summed E-state index contributed by atoms with van der Waals surface area (Å²) in [6.07, 6.45) is 6.12. The first kappa shape index (κ1) is 15.3. The number of nitrogens with zero attached hydrogens (tertiary/aromatic N) is 1. The molecule has 1 unspecified atom stereocenters. The monoisotopic (exact) mass is 296 g/mol. The molecule has 3 rings (SSSR count). The van der Waals surface area contributed by atoms with E-state index in [0.717, 1.165) is 51.8 Å². The number of carbonyl (C=O) groups is 1. The van der Waals surface area contributed by atoms with Crippen LogP contribution in [0.15, 0.2) is 0 Å². The van der Waals surface area contributed by atoms with E-state index in [4.69, 9.17) is 4.74 Å². The van der Waals surface area contributed by atoms with Crippen molar-refractivity contribution in [3.63, 3.8) is 0 Å². The first-order valence-electron chi connectivity index (χ1n) is 8.51. The van der Waals surface area contributed by atoms with E-state index in [1.54, 1.807) is 0 Å². The van der Waals surface area contributed by atoms with Gasteiger partial charge in [0.1, 0.15) is 0 Å². The van der Waals surface area contributed by atoms with Gasteiger partial charge in [-0.15, -0.1) is 0 Å². The molecule has 3 aliphatic rings. The second-order valence-corrected chi connectivity index (χ2v) is 6.80. The summed E-state index contributed by atoms with van der Waals surface area (Å²) in [5.41, 5.74) is 0. The van der Waals surface area contributed by atoms with E-state index in [-0.39, 0.29) is 24.0 Å². The molecule has 120 valence electrons. The van der Waals surface area contributed by atoms with Gasteiger partial charge in [0, 0.05) is 37.7 Å². The lowest BCUT2D eigenvalue weighted by Crippen LogP contribution is -2.51. The summed E-state index contributed by atoms with van der Waals surface area (Å²) in [5.74, 6) is 0.356. The Labute approximate surface area is 127 Å². The molecule has 1 amide bonds. The first-order valence-corrected chi connectivity index (χ1v) is 8.51. The van der Waals surface area contributed by atoms with Crippen LogP contribution in [0.2, 0.25) is 0 Å². The van der Waals surface area contributed by atoms with E-state index in [1.165, 1.54) is 6.42 Å². The SMILES string of the molecule is CCOC1CC(C(=O)N[C@@H]2CCC[C@@H]2N2CCC(O)C2)C1. The molecule has 1 aliphatic heterocycles. The molecule has 21 heavy (non-hydrogen) atoms. The van der Waals surface area contributed by atoms with Crippen molar-refractivity contribution in [1.82, 2.24) is 10.2 Å². The van der Waals surface area contributed by atoms with Gasteiger partial charge in [-0.2, -0.15) is 0 Å². The fraction of sp³-hybridized carbons (Fsp3) is 0.938. The van der Waals surface area contributed by atoms with Gasteiger partial charge in [-0.05, 0) is 45.4 Å². The zero-order chi connectivity index (χ0) is 14.8. The molecule has 3 fully saturated rings. The highest BCUT2D eigenvalue weighted by Crippen LogP contribution is 2.32. The zero-order valence-electron chi connectivity index (χ0n) is 13.0. The van der Waals surface area contributed by atoms with Crippen LogP contribution in [0.1, 0.15) is 45.4 Å². The Morgan fingerprint density at radius 2 is 2.14 bits per heavy atom. The molecule has 0 spiro atoms. The molecule has 2 saturated carbocycles. The number of hydrogen-bond donors (Lipinski definition) is 2. The van der Waals surface area contributed by atoms with E-state index >= 15 is 0 Å². The Morgan fingerprint density at radius 3 is 2.81 bits per heavy atom. The lowest BCUT2D eigenvalue weighted by molar-refractivity contribution is -0.134. The number of amides is 1. The highest BCUT2D eigenvalue weighted by Gasteiger charge is 2.40. The average Bonchev–Trinajstić information content (AvgIpc) is 3.01. The number of ether oxygens (including phenoxy) is 1. The lowest BCUT2D eigenvalue weighted by Gasteiger charge is -2.36. The van der Waals surface area contributed by atoms with Crippen LogP contribution in [0.25, 0.3) is 0 Å².